The van der Waals surface area contributed by atoms with Crippen LogP contribution < -0.4 is 0 Å². The number of carbonyl (C=O) groups is 1. The highest BCUT2D eigenvalue weighted by atomic mass is 16.1. The maximum Gasteiger partial charge on any atom is 0.123 e. The third-order valence-electron chi connectivity index (χ3n) is 3.13. The molecule has 0 aromatic rings. The molecule has 2 rings (SSSR count). The molecule has 0 amide bonds. The van der Waals surface area contributed by atoms with Crippen LogP contribution in [0.15, 0.2) is 0 Å². The van der Waals surface area contributed by atoms with Crippen LogP contribution in [0.2, 0.25) is 0 Å². The van der Waals surface area contributed by atoms with E-state index in [-0.39, 0.29) is 0 Å². The predicted octanol–water partition coefficient (Wildman–Crippen LogP) is 2.01. The molecule has 1 nitrogen and oxygen atoms in total. The molecule has 0 aromatic heterocycles. The van der Waals surface area contributed by atoms with Crippen LogP contribution in [0.5, 0.6) is 0 Å². The van der Waals surface area contributed by atoms with Crippen molar-refractivity contribution < 1.29 is 4.79 Å². The van der Waals surface area contributed by atoms with Gasteiger partial charge in [-0.2, -0.15) is 0 Å². The average Bonchev–Trinajstić information content (AvgIpc) is 2.59. The summed E-state index contributed by atoms with van der Waals surface area (Å²) in [5.74, 6) is 2.08. The van der Waals surface area contributed by atoms with Crippen molar-refractivity contribution in [3.8, 4) is 0 Å². The van der Waals surface area contributed by atoms with Crippen LogP contribution in [0.1, 0.15) is 32.1 Å². The molecule has 2 atom stereocenters. The molecule has 2 aliphatic carbocycles. The highest BCUT2D eigenvalue weighted by Crippen LogP contribution is 2.52. The zero-order valence-corrected chi connectivity index (χ0v) is 6.25. The smallest absolute Gasteiger partial charge is 0.123 e. The Morgan fingerprint density at radius 1 is 1.00 bits per heavy atom. The summed E-state index contributed by atoms with van der Waals surface area (Å²) in [6.45, 7) is 0. The molecule has 0 radical (unpaired) electrons. The lowest BCUT2D eigenvalue weighted by molar-refractivity contribution is -0.109. The third kappa shape index (κ3) is 0.882. The number of hydrogen-bond acceptors (Lipinski definition) is 1. The lowest BCUT2D eigenvalue weighted by Gasteiger charge is -1.94. The fourth-order valence-corrected chi connectivity index (χ4v) is 2.43. The van der Waals surface area contributed by atoms with Crippen LogP contribution in [0.4, 0.5) is 0 Å². The second-order valence-electron chi connectivity index (χ2n) is 3.68. The Morgan fingerprint density at radius 3 is 2.10 bits per heavy atom. The van der Waals surface area contributed by atoms with E-state index >= 15 is 0 Å². The molecular weight excluding hydrogens is 124 g/mol. The summed E-state index contributed by atoms with van der Waals surface area (Å²) < 4.78 is 0. The van der Waals surface area contributed by atoms with E-state index in [1.807, 2.05) is 0 Å². The van der Waals surface area contributed by atoms with Crippen molar-refractivity contribution in [2.75, 3.05) is 0 Å². The predicted molar refractivity (Wildman–Crippen MR) is 39.6 cm³/mol. The summed E-state index contributed by atoms with van der Waals surface area (Å²) in [5.41, 5.74) is 0. The summed E-state index contributed by atoms with van der Waals surface area (Å²) in [6, 6.07) is 0. The van der Waals surface area contributed by atoms with Gasteiger partial charge < -0.3 is 4.79 Å². The monoisotopic (exact) mass is 138 g/mol. The van der Waals surface area contributed by atoms with Gasteiger partial charge in [0.2, 0.25) is 0 Å². The van der Waals surface area contributed by atoms with Crippen molar-refractivity contribution in [3.63, 3.8) is 0 Å². The van der Waals surface area contributed by atoms with Crippen molar-refractivity contribution in [2.24, 2.45) is 17.8 Å². The van der Waals surface area contributed by atoms with Crippen LogP contribution in [0.25, 0.3) is 0 Å². The van der Waals surface area contributed by atoms with Crippen LogP contribution >= 0.6 is 0 Å². The average molecular weight is 138 g/mol. The molecule has 1 heteroatoms. The Kier molecular flexibility index (Phi) is 1.51. The van der Waals surface area contributed by atoms with E-state index in [2.05, 4.69) is 0 Å². The van der Waals surface area contributed by atoms with Crippen LogP contribution in [-0.2, 0) is 4.79 Å². The molecule has 2 aliphatic rings. The molecule has 2 fully saturated rings. The summed E-state index contributed by atoms with van der Waals surface area (Å²) in [4.78, 5) is 10.4. The second kappa shape index (κ2) is 2.37. The van der Waals surface area contributed by atoms with Crippen LogP contribution in [0.3, 0.4) is 0 Å². The summed E-state index contributed by atoms with van der Waals surface area (Å²) in [7, 11) is 0. The molecule has 2 saturated carbocycles. The maximum atomic E-state index is 10.4. The zero-order valence-electron chi connectivity index (χ0n) is 6.25. The first-order valence-electron chi connectivity index (χ1n) is 4.39. The van der Waals surface area contributed by atoms with Gasteiger partial charge in [0, 0.05) is 5.92 Å². The van der Waals surface area contributed by atoms with E-state index in [0.29, 0.717) is 5.92 Å². The number of fused-ring (bicyclic) bond motifs is 1. The van der Waals surface area contributed by atoms with Gasteiger partial charge >= 0.3 is 0 Å². The SMILES string of the molecule is O=CC1C2CCCCCC12. The van der Waals surface area contributed by atoms with Crippen LogP contribution in [0, 0.1) is 17.8 Å². The molecule has 0 bridgehead atoms. The minimum absolute atomic E-state index is 0.473. The molecule has 0 aliphatic heterocycles. The van der Waals surface area contributed by atoms with Gasteiger partial charge in [-0.05, 0) is 24.7 Å². The van der Waals surface area contributed by atoms with Crippen molar-refractivity contribution in [2.45, 2.75) is 32.1 Å². The van der Waals surface area contributed by atoms with Gasteiger partial charge in [-0.15, -0.1) is 0 Å². The molecular formula is C9H14O. The Bertz CT molecular complexity index is 130. The van der Waals surface area contributed by atoms with E-state index in [0.717, 1.165) is 11.8 Å². The van der Waals surface area contributed by atoms with Gasteiger partial charge in [-0.25, -0.2) is 0 Å². The van der Waals surface area contributed by atoms with Gasteiger partial charge in [-0.1, -0.05) is 19.3 Å². The third-order valence-corrected chi connectivity index (χ3v) is 3.13. The Labute approximate surface area is 61.8 Å². The van der Waals surface area contributed by atoms with Gasteiger partial charge in [0.05, 0.1) is 0 Å². The Morgan fingerprint density at radius 2 is 1.60 bits per heavy atom. The van der Waals surface area contributed by atoms with Crippen molar-refractivity contribution in [3.05, 3.63) is 0 Å². The first-order chi connectivity index (χ1) is 4.93. The molecule has 56 valence electrons. The van der Waals surface area contributed by atoms with Crippen molar-refractivity contribution >= 4 is 6.29 Å². The van der Waals surface area contributed by atoms with Gasteiger partial charge in [-0.3, -0.25) is 0 Å². The zero-order chi connectivity index (χ0) is 6.97. The van der Waals surface area contributed by atoms with Crippen LogP contribution in [-0.4, -0.2) is 6.29 Å². The van der Waals surface area contributed by atoms with E-state index in [4.69, 9.17) is 0 Å². The quantitative estimate of drug-likeness (QED) is 0.506. The number of carbonyl (C=O) groups excluding carboxylic acids is 1. The molecule has 0 N–H and O–H groups in total. The van der Waals surface area contributed by atoms with Crippen molar-refractivity contribution in [1.82, 2.24) is 0 Å². The van der Waals surface area contributed by atoms with E-state index in [9.17, 15) is 4.79 Å². The van der Waals surface area contributed by atoms with Gasteiger partial charge in [0.1, 0.15) is 6.29 Å². The Hall–Kier alpha value is -0.330. The molecule has 2 unspecified atom stereocenters. The first-order valence-corrected chi connectivity index (χ1v) is 4.39. The van der Waals surface area contributed by atoms with E-state index in [1.54, 1.807) is 0 Å². The number of aldehydes is 1. The molecule has 0 spiro atoms. The largest absolute Gasteiger partial charge is 0.303 e. The second-order valence-corrected chi connectivity index (χ2v) is 3.68. The van der Waals surface area contributed by atoms with Crippen molar-refractivity contribution in [1.29, 1.82) is 0 Å². The van der Waals surface area contributed by atoms with E-state index in [1.165, 1.54) is 38.4 Å². The van der Waals surface area contributed by atoms with E-state index < -0.39 is 0 Å². The van der Waals surface area contributed by atoms with Gasteiger partial charge in [0.25, 0.3) is 0 Å². The normalized spacial score (nSPS) is 45.4. The highest BCUT2D eigenvalue weighted by molar-refractivity contribution is 5.59. The summed E-state index contributed by atoms with van der Waals surface area (Å²) in [5, 5.41) is 0. The standard InChI is InChI=1S/C9H14O/c10-6-9-7-4-2-1-3-5-8(7)9/h6-9H,1-5H2. The molecule has 0 heterocycles. The first kappa shape index (κ1) is 6.38. The minimum atomic E-state index is 0.473. The molecule has 0 saturated heterocycles. The highest BCUT2D eigenvalue weighted by Gasteiger charge is 2.49. The number of rotatable bonds is 1. The molecule has 10 heavy (non-hydrogen) atoms. The Balaban J connectivity index is 1.94. The summed E-state index contributed by atoms with van der Waals surface area (Å²) in [6.07, 6.45) is 7.97. The fraction of sp³-hybridized carbons (Fsp3) is 0.889. The van der Waals surface area contributed by atoms with Gasteiger partial charge in [0.15, 0.2) is 0 Å². The molecule has 0 aromatic carbocycles. The maximum absolute atomic E-state index is 10.4. The fourth-order valence-electron chi connectivity index (χ4n) is 2.43. The lowest BCUT2D eigenvalue weighted by atomic mass is 10.1. The topological polar surface area (TPSA) is 17.1 Å². The minimum Gasteiger partial charge on any atom is -0.303 e. The summed E-state index contributed by atoms with van der Waals surface area (Å²) >= 11 is 0. The lowest BCUT2D eigenvalue weighted by Crippen LogP contribution is -1.86. The number of hydrogen-bond donors (Lipinski definition) is 0.